The van der Waals surface area contributed by atoms with Crippen molar-refractivity contribution in [2.24, 2.45) is 0 Å². The van der Waals surface area contributed by atoms with E-state index in [4.69, 9.17) is 0 Å². The maximum Gasteiger partial charge on any atom is 0.251 e. The summed E-state index contributed by atoms with van der Waals surface area (Å²) in [6.45, 7) is 6.52. The number of carbonyl (C=O) groups is 1. The number of rotatable bonds is 8. The summed E-state index contributed by atoms with van der Waals surface area (Å²) in [6.07, 6.45) is 1.68. The predicted molar refractivity (Wildman–Crippen MR) is 114 cm³/mol. The van der Waals surface area contributed by atoms with Crippen molar-refractivity contribution in [3.8, 4) is 0 Å². The number of benzene rings is 1. The third kappa shape index (κ3) is 4.66. The molecule has 3 aromatic rings. The molecule has 0 bridgehead atoms. The van der Waals surface area contributed by atoms with E-state index in [2.05, 4.69) is 33.6 Å². The van der Waals surface area contributed by atoms with Crippen LogP contribution in [-0.2, 0) is 13.0 Å². The van der Waals surface area contributed by atoms with E-state index in [9.17, 15) is 9.90 Å². The Morgan fingerprint density at radius 1 is 1.21 bits per heavy atom. The Hall–Kier alpha value is -2.51. The van der Waals surface area contributed by atoms with Gasteiger partial charge in [-0.2, -0.15) is 0 Å². The van der Waals surface area contributed by atoms with Gasteiger partial charge in [0.2, 0.25) is 0 Å². The fourth-order valence-corrected chi connectivity index (χ4v) is 3.91. The van der Waals surface area contributed by atoms with E-state index in [1.807, 2.05) is 26.0 Å². The number of anilines is 1. The lowest BCUT2D eigenvalue weighted by molar-refractivity contribution is 0.0915. The highest BCUT2D eigenvalue weighted by atomic mass is 32.1. The van der Waals surface area contributed by atoms with Gasteiger partial charge < -0.3 is 15.7 Å². The summed E-state index contributed by atoms with van der Waals surface area (Å²) in [5.41, 5.74) is 1.64. The molecule has 0 spiro atoms. The maximum atomic E-state index is 12.2. The van der Waals surface area contributed by atoms with Crippen molar-refractivity contribution in [2.45, 2.75) is 46.2 Å². The molecule has 1 aromatic carbocycles. The summed E-state index contributed by atoms with van der Waals surface area (Å²) >= 11 is 1.71. The summed E-state index contributed by atoms with van der Waals surface area (Å²) in [4.78, 5) is 23.6. The third-order valence-corrected chi connectivity index (χ3v) is 5.80. The van der Waals surface area contributed by atoms with Gasteiger partial charge in [-0.15, -0.1) is 11.3 Å². The Morgan fingerprint density at radius 2 is 1.96 bits per heavy atom. The molecule has 3 rings (SSSR count). The lowest BCUT2D eigenvalue weighted by atomic mass is 10.1. The average molecular weight is 399 g/mol. The van der Waals surface area contributed by atoms with Gasteiger partial charge in [0, 0.05) is 17.0 Å². The van der Waals surface area contributed by atoms with Gasteiger partial charge in [0.1, 0.15) is 16.5 Å². The molecule has 0 saturated heterocycles. The zero-order valence-electron chi connectivity index (χ0n) is 16.5. The van der Waals surface area contributed by atoms with Crippen LogP contribution in [0.4, 0.5) is 5.82 Å². The summed E-state index contributed by atoms with van der Waals surface area (Å²) in [6, 6.07) is 9.40. The molecule has 3 N–H and O–H groups in total. The van der Waals surface area contributed by atoms with Gasteiger partial charge in [0.25, 0.3) is 5.91 Å². The maximum absolute atomic E-state index is 12.2. The molecule has 1 atom stereocenters. The van der Waals surface area contributed by atoms with Gasteiger partial charge in [-0.3, -0.25) is 4.79 Å². The number of aromatic nitrogens is 2. The Bertz CT molecular complexity index is 949. The largest absolute Gasteiger partial charge is 0.394 e. The molecule has 0 aliphatic rings. The van der Waals surface area contributed by atoms with Crippen LogP contribution in [-0.4, -0.2) is 33.6 Å². The highest BCUT2D eigenvalue weighted by Gasteiger charge is 2.12. The highest BCUT2D eigenvalue weighted by molar-refractivity contribution is 7.18. The molecule has 0 saturated carbocycles. The highest BCUT2D eigenvalue weighted by Crippen LogP contribution is 2.29. The second-order valence-electron chi connectivity index (χ2n) is 6.72. The predicted octanol–water partition coefficient (Wildman–Crippen LogP) is 3.67. The zero-order chi connectivity index (χ0) is 20.1. The molecule has 7 heteroatoms. The standard InChI is InChI=1S/C21H26N4O2S/c1-4-16(12-26)25-20(27)15-8-6-14(7-9-15)11-22-19-18-10-17(5-2)28-21(18)24-13(3)23-19/h6-10,16,26H,4-5,11-12H2,1-3H3,(H,25,27)(H,22,23,24). The minimum absolute atomic E-state index is 0.0562. The van der Waals surface area contributed by atoms with Gasteiger partial charge in [0.15, 0.2) is 0 Å². The normalized spacial score (nSPS) is 12.1. The van der Waals surface area contributed by atoms with Gasteiger partial charge in [-0.05, 0) is 43.5 Å². The smallest absolute Gasteiger partial charge is 0.251 e. The first-order chi connectivity index (χ1) is 13.5. The van der Waals surface area contributed by atoms with E-state index in [0.717, 1.165) is 33.8 Å². The molecule has 0 aliphatic carbocycles. The van der Waals surface area contributed by atoms with Crippen LogP contribution in [0.1, 0.15) is 46.9 Å². The van der Waals surface area contributed by atoms with Crippen molar-refractivity contribution >= 4 is 33.3 Å². The molecule has 0 aliphatic heterocycles. The van der Waals surface area contributed by atoms with Crippen LogP contribution in [0, 0.1) is 6.92 Å². The monoisotopic (exact) mass is 398 g/mol. The number of carbonyl (C=O) groups excluding carboxylic acids is 1. The number of nitrogens with one attached hydrogen (secondary N) is 2. The van der Waals surface area contributed by atoms with Crippen molar-refractivity contribution in [1.82, 2.24) is 15.3 Å². The van der Waals surface area contributed by atoms with Crippen LogP contribution in [0.2, 0.25) is 0 Å². The number of nitrogens with zero attached hydrogens (tertiary/aromatic N) is 2. The first kappa shape index (κ1) is 20.2. The number of aliphatic hydroxyl groups is 1. The van der Waals surface area contributed by atoms with Gasteiger partial charge in [0.05, 0.1) is 18.0 Å². The number of amides is 1. The Morgan fingerprint density at radius 3 is 2.61 bits per heavy atom. The van der Waals surface area contributed by atoms with E-state index < -0.39 is 0 Å². The first-order valence-electron chi connectivity index (χ1n) is 9.55. The molecule has 0 fully saturated rings. The summed E-state index contributed by atoms with van der Waals surface area (Å²) in [5.74, 6) is 1.42. The number of aliphatic hydroxyl groups excluding tert-OH is 1. The average Bonchev–Trinajstić information content (AvgIpc) is 3.13. The molecule has 28 heavy (non-hydrogen) atoms. The molecule has 1 amide bonds. The Labute approximate surface area is 169 Å². The van der Waals surface area contributed by atoms with Gasteiger partial charge in [-0.25, -0.2) is 9.97 Å². The molecule has 0 radical (unpaired) electrons. The fourth-order valence-electron chi connectivity index (χ4n) is 2.89. The first-order valence-corrected chi connectivity index (χ1v) is 10.4. The minimum Gasteiger partial charge on any atom is -0.394 e. The minimum atomic E-state index is -0.212. The SMILES string of the molecule is CCc1cc2c(NCc3ccc(C(=O)NC(CC)CO)cc3)nc(C)nc2s1. The second-order valence-corrected chi connectivity index (χ2v) is 7.83. The van der Waals surface area contributed by atoms with Gasteiger partial charge >= 0.3 is 0 Å². The fraction of sp³-hybridized carbons (Fsp3) is 0.381. The van der Waals surface area contributed by atoms with Crippen molar-refractivity contribution in [3.63, 3.8) is 0 Å². The van der Waals surface area contributed by atoms with E-state index in [1.165, 1.54) is 4.88 Å². The lowest BCUT2D eigenvalue weighted by Crippen LogP contribution is -2.36. The van der Waals surface area contributed by atoms with Crippen LogP contribution in [0.5, 0.6) is 0 Å². The number of aryl methyl sites for hydroxylation is 2. The van der Waals surface area contributed by atoms with E-state index in [1.54, 1.807) is 23.5 Å². The van der Waals surface area contributed by atoms with Crippen molar-refractivity contribution in [1.29, 1.82) is 0 Å². The number of fused-ring (bicyclic) bond motifs is 1. The van der Waals surface area contributed by atoms with Crippen LogP contribution < -0.4 is 10.6 Å². The van der Waals surface area contributed by atoms with E-state index in [-0.39, 0.29) is 18.6 Å². The van der Waals surface area contributed by atoms with Crippen molar-refractivity contribution in [2.75, 3.05) is 11.9 Å². The molecular weight excluding hydrogens is 372 g/mol. The second kappa shape index (κ2) is 9.12. The van der Waals surface area contributed by atoms with Crippen LogP contribution >= 0.6 is 11.3 Å². The van der Waals surface area contributed by atoms with Gasteiger partial charge in [-0.1, -0.05) is 26.0 Å². The van der Waals surface area contributed by atoms with Crippen molar-refractivity contribution < 1.29 is 9.90 Å². The lowest BCUT2D eigenvalue weighted by Gasteiger charge is -2.14. The van der Waals surface area contributed by atoms with Crippen LogP contribution in [0.3, 0.4) is 0 Å². The number of hydrogen-bond donors (Lipinski definition) is 3. The summed E-state index contributed by atoms with van der Waals surface area (Å²) in [5, 5.41) is 16.5. The number of thiophene rings is 1. The zero-order valence-corrected chi connectivity index (χ0v) is 17.3. The topological polar surface area (TPSA) is 87.1 Å². The van der Waals surface area contributed by atoms with E-state index in [0.29, 0.717) is 18.5 Å². The van der Waals surface area contributed by atoms with Crippen LogP contribution in [0.25, 0.3) is 10.2 Å². The molecule has 1 unspecified atom stereocenters. The molecular formula is C21H26N4O2S. The Balaban J connectivity index is 1.69. The molecule has 148 valence electrons. The molecule has 2 heterocycles. The van der Waals surface area contributed by atoms with Crippen LogP contribution in [0.15, 0.2) is 30.3 Å². The summed E-state index contributed by atoms with van der Waals surface area (Å²) in [7, 11) is 0. The summed E-state index contributed by atoms with van der Waals surface area (Å²) < 4.78 is 0. The van der Waals surface area contributed by atoms with Crippen molar-refractivity contribution in [3.05, 3.63) is 52.2 Å². The van der Waals surface area contributed by atoms with E-state index >= 15 is 0 Å². The number of hydrogen-bond acceptors (Lipinski definition) is 6. The molecule has 2 aromatic heterocycles. The quantitative estimate of drug-likeness (QED) is 0.539. The molecule has 6 nitrogen and oxygen atoms in total. The Kier molecular flexibility index (Phi) is 6.59. The third-order valence-electron chi connectivity index (χ3n) is 4.63.